The first-order valence-corrected chi connectivity index (χ1v) is 12.6. The molecule has 3 aromatic carbocycles. The molecule has 206 valence electrons. The smallest absolute Gasteiger partial charge is 0.497 e. The summed E-state index contributed by atoms with van der Waals surface area (Å²) in [7, 11) is 1.52. The van der Waals surface area contributed by atoms with Gasteiger partial charge in [-0.15, -0.1) is 24.9 Å². The summed E-state index contributed by atoms with van der Waals surface area (Å²) in [4.78, 5) is 27.4. The van der Waals surface area contributed by atoms with E-state index in [4.69, 9.17) is 4.74 Å². The Morgan fingerprint density at radius 1 is 0.974 bits per heavy atom. The lowest BCUT2D eigenvalue weighted by molar-refractivity contribution is -0.274. The number of carbonyl (C=O) groups is 2. The number of ether oxygens (including phenoxy) is 2. The predicted octanol–water partition coefficient (Wildman–Crippen LogP) is 5.72. The van der Waals surface area contributed by atoms with E-state index in [2.05, 4.69) is 10.1 Å². The van der Waals surface area contributed by atoms with Crippen LogP contribution in [0.3, 0.4) is 0 Å². The number of halogens is 5. The Morgan fingerprint density at radius 2 is 1.67 bits per heavy atom. The van der Waals surface area contributed by atoms with E-state index in [-0.39, 0.29) is 25.1 Å². The van der Waals surface area contributed by atoms with Gasteiger partial charge in [0.1, 0.15) is 28.5 Å². The zero-order chi connectivity index (χ0) is 28.2. The molecule has 1 heterocycles. The number of thioether (sulfide) groups is 1. The van der Waals surface area contributed by atoms with Gasteiger partial charge in [0.05, 0.1) is 12.4 Å². The number of rotatable bonds is 9. The van der Waals surface area contributed by atoms with Gasteiger partial charge >= 0.3 is 6.36 Å². The number of carbonyl (C=O) groups excluding carboxylic acids is 2. The Hall–Kier alpha value is -3.80. The molecule has 2 unspecified atom stereocenters. The van der Waals surface area contributed by atoms with Crippen LogP contribution in [0.2, 0.25) is 0 Å². The van der Waals surface area contributed by atoms with E-state index in [1.54, 1.807) is 24.3 Å². The van der Waals surface area contributed by atoms with Crippen LogP contribution in [-0.2, 0) is 22.7 Å². The zero-order valence-electron chi connectivity index (χ0n) is 20.5. The number of nitrogens with one attached hydrogen (secondary N) is 1. The highest BCUT2D eigenvalue weighted by Gasteiger charge is 2.42. The summed E-state index contributed by atoms with van der Waals surface area (Å²) in [6.45, 7) is -0.0361. The molecule has 1 N–H and O–H groups in total. The quantitative estimate of drug-likeness (QED) is 0.336. The van der Waals surface area contributed by atoms with Crippen molar-refractivity contribution in [2.75, 3.05) is 7.11 Å². The van der Waals surface area contributed by atoms with E-state index in [0.29, 0.717) is 17.4 Å². The minimum absolute atomic E-state index is 0.150. The second-order valence-electron chi connectivity index (χ2n) is 8.67. The van der Waals surface area contributed by atoms with Crippen LogP contribution in [0.5, 0.6) is 11.5 Å². The predicted molar refractivity (Wildman–Crippen MR) is 134 cm³/mol. The summed E-state index contributed by atoms with van der Waals surface area (Å²) >= 11 is 1.06. The fourth-order valence-corrected chi connectivity index (χ4v) is 5.57. The molecule has 39 heavy (non-hydrogen) atoms. The van der Waals surface area contributed by atoms with Gasteiger partial charge < -0.3 is 19.7 Å². The molecule has 4 rings (SSSR count). The number of amides is 2. The number of hydrogen-bond acceptors (Lipinski definition) is 5. The first-order chi connectivity index (χ1) is 18.5. The normalized spacial score (nSPS) is 17.3. The van der Waals surface area contributed by atoms with Crippen molar-refractivity contribution < 1.29 is 41.0 Å². The van der Waals surface area contributed by atoms with Crippen LogP contribution in [-0.4, -0.2) is 35.4 Å². The van der Waals surface area contributed by atoms with Gasteiger partial charge in [-0.05, 0) is 53.1 Å². The van der Waals surface area contributed by atoms with Crippen LogP contribution in [0.4, 0.5) is 22.0 Å². The first-order valence-electron chi connectivity index (χ1n) is 11.7. The maximum atomic E-state index is 13.8. The lowest BCUT2D eigenvalue weighted by Crippen LogP contribution is -2.33. The lowest BCUT2D eigenvalue weighted by atomic mass is 10.1. The van der Waals surface area contributed by atoms with E-state index >= 15 is 0 Å². The molecule has 3 aromatic rings. The van der Waals surface area contributed by atoms with Crippen LogP contribution in [0, 0.1) is 11.6 Å². The van der Waals surface area contributed by atoms with E-state index in [0.717, 1.165) is 41.6 Å². The second-order valence-corrected chi connectivity index (χ2v) is 9.96. The van der Waals surface area contributed by atoms with E-state index in [1.165, 1.54) is 24.1 Å². The molecule has 1 aliphatic heterocycles. The van der Waals surface area contributed by atoms with Crippen molar-refractivity contribution in [3.05, 3.63) is 95.1 Å². The lowest BCUT2D eigenvalue weighted by Gasteiger charge is -2.25. The molecule has 0 radical (unpaired) electrons. The van der Waals surface area contributed by atoms with Gasteiger partial charge in [-0.1, -0.05) is 24.3 Å². The largest absolute Gasteiger partial charge is 0.573 e. The molecule has 1 fully saturated rings. The minimum Gasteiger partial charge on any atom is -0.497 e. The fourth-order valence-electron chi connectivity index (χ4n) is 4.13. The molecule has 1 saturated heterocycles. The standard InChI is InChI=1S/C27H23F5N2O4S/c1-37-21-6-2-4-16(10-21)14-33-24(35)13-23-25(36)34(15-17-8-19(28)12-20(29)9-17)26(39-23)18-5-3-7-22(11-18)38-27(30,31)32/h2-12,23,26H,13-15H2,1H3,(H,33,35). The average molecular weight is 567 g/mol. The maximum Gasteiger partial charge on any atom is 0.573 e. The average Bonchev–Trinajstić information content (AvgIpc) is 3.16. The summed E-state index contributed by atoms with van der Waals surface area (Å²) in [6, 6.07) is 15.0. The molecule has 1 aliphatic rings. The van der Waals surface area contributed by atoms with Crippen molar-refractivity contribution in [1.29, 1.82) is 0 Å². The monoisotopic (exact) mass is 566 g/mol. The second kappa shape index (κ2) is 11.9. The summed E-state index contributed by atoms with van der Waals surface area (Å²) in [6.07, 6.45) is -5.13. The number of methoxy groups -OCH3 is 1. The molecule has 0 aromatic heterocycles. The molecular formula is C27H23F5N2O4S. The first kappa shape index (κ1) is 28.2. The Morgan fingerprint density at radius 3 is 2.36 bits per heavy atom. The summed E-state index contributed by atoms with van der Waals surface area (Å²) in [5.41, 5.74) is 1.23. The van der Waals surface area contributed by atoms with Gasteiger partial charge in [-0.25, -0.2) is 8.78 Å². The summed E-state index contributed by atoms with van der Waals surface area (Å²) in [5.74, 6) is -2.45. The van der Waals surface area contributed by atoms with Crippen molar-refractivity contribution in [3.63, 3.8) is 0 Å². The summed E-state index contributed by atoms with van der Waals surface area (Å²) < 4.78 is 75.2. The Balaban J connectivity index is 1.53. The highest BCUT2D eigenvalue weighted by Crippen LogP contribution is 2.46. The number of alkyl halides is 3. The van der Waals surface area contributed by atoms with Gasteiger partial charge in [0.25, 0.3) is 0 Å². The third-order valence-corrected chi connectivity index (χ3v) is 7.26. The molecule has 2 amide bonds. The van der Waals surface area contributed by atoms with Crippen LogP contribution >= 0.6 is 11.8 Å². The van der Waals surface area contributed by atoms with Crippen LogP contribution in [0.1, 0.15) is 28.5 Å². The van der Waals surface area contributed by atoms with Crippen molar-refractivity contribution in [2.24, 2.45) is 0 Å². The van der Waals surface area contributed by atoms with Crippen LogP contribution < -0.4 is 14.8 Å². The molecule has 6 nitrogen and oxygen atoms in total. The minimum atomic E-state index is -4.92. The van der Waals surface area contributed by atoms with Gasteiger partial charge in [0, 0.05) is 25.6 Å². The summed E-state index contributed by atoms with van der Waals surface area (Å²) in [5, 5.41) is 1.02. The van der Waals surface area contributed by atoms with Gasteiger partial charge in [-0.3, -0.25) is 9.59 Å². The third-order valence-electron chi connectivity index (χ3n) is 5.78. The topological polar surface area (TPSA) is 67.9 Å². The molecule has 0 saturated carbocycles. The molecular weight excluding hydrogens is 543 g/mol. The molecule has 0 bridgehead atoms. The number of nitrogens with zero attached hydrogens (tertiary/aromatic N) is 1. The van der Waals surface area contributed by atoms with E-state index in [9.17, 15) is 31.5 Å². The SMILES string of the molecule is COc1cccc(CNC(=O)CC2SC(c3cccc(OC(F)(F)F)c3)N(Cc3cc(F)cc(F)c3)C2=O)c1. The van der Waals surface area contributed by atoms with Gasteiger partial charge in [-0.2, -0.15) is 0 Å². The van der Waals surface area contributed by atoms with E-state index in [1.807, 2.05) is 0 Å². The highest BCUT2D eigenvalue weighted by molar-refractivity contribution is 8.01. The molecule has 12 heteroatoms. The Bertz CT molecular complexity index is 1330. The van der Waals surface area contributed by atoms with Crippen molar-refractivity contribution >= 4 is 23.6 Å². The molecule has 0 aliphatic carbocycles. The number of benzene rings is 3. The van der Waals surface area contributed by atoms with Crippen molar-refractivity contribution in [1.82, 2.24) is 10.2 Å². The Kier molecular flexibility index (Phi) is 8.63. The van der Waals surface area contributed by atoms with Crippen molar-refractivity contribution in [2.45, 2.75) is 36.5 Å². The fraction of sp³-hybridized carbons (Fsp3) is 0.259. The highest BCUT2D eigenvalue weighted by atomic mass is 32.2. The van der Waals surface area contributed by atoms with Gasteiger partial charge in [0.2, 0.25) is 11.8 Å². The van der Waals surface area contributed by atoms with Crippen LogP contribution in [0.15, 0.2) is 66.7 Å². The van der Waals surface area contributed by atoms with E-state index < -0.39 is 46.2 Å². The number of hydrogen-bond donors (Lipinski definition) is 1. The van der Waals surface area contributed by atoms with Crippen LogP contribution in [0.25, 0.3) is 0 Å². The van der Waals surface area contributed by atoms with Crippen molar-refractivity contribution in [3.8, 4) is 11.5 Å². The molecule has 2 atom stereocenters. The Labute approximate surface area is 225 Å². The van der Waals surface area contributed by atoms with Gasteiger partial charge in [0.15, 0.2) is 0 Å². The zero-order valence-corrected chi connectivity index (χ0v) is 21.3. The third kappa shape index (κ3) is 7.62. The molecule has 0 spiro atoms. The maximum absolute atomic E-state index is 13.8.